The molecule has 3 nitrogen and oxygen atoms in total. The van der Waals surface area contributed by atoms with E-state index in [1.807, 2.05) is 6.92 Å². The average Bonchev–Trinajstić information content (AvgIpc) is 2.48. The summed E-state index contributed by atoms with van der Waals surface area (Å²) in [5.41, 5.74) is 0.510. The van der Waals surface area contributed by atoms with E-state index < -0.39 is 14.6 Å². The van der Waals surface area contributed by atoms with Gasteiger partial charge in [0.25, 0.3) is 0 Å². The monoisotopic (exact) mass is 246 g/mol. The molecule has 0 saturated heterocycles. The number of thiophene rings is 1. The molecule has 0 N–H and O–H groups in total. The van der Waals surface area contributed by atoms with Gasteiger partial charge in [-0.15, -0.1) is 11.3 Å². The summed E-state index contributed by atoms with van der Waals surface area (Å²) in [7, 11) is -3.39. The third-order valence-electron chi connectivity index (χ3n) is 2.58. The molecule has 84 valence electrons. The summed E-state index contributed by atoms with van der Waals surface area (Å²) in [4.78, 5) is 12.9. The fourth-order valence-corrected chi connectivity index (χ4v) is 2.26. The number of hydrogen-bond donors (Lipinski definition) is 0. The van der Waals surface area contributed by atoms with Gasteiger partial charge in [-0.3, -0.25) is 4.79 Å². The molecule has 0 aliphatic heterocycles. The molecule has 0 unspecified atom stereocenters. The average molecular weight is 246 g/mol. The topological polar surface area (TPSA) is 51.2 Å². The number of aryl methyl sites for hydroxylation is 1. The maximum atomic E-state index is 12.0. The van der Waals surface area contributed by atoms with Crippen molar-refractivity contribution in [3.05, 3.63) is 21.9 Å². The van der Waals surface area contributed by atoms with E-state index >= 15 is 0 Å². The summed E-state index contributed by atoms with van der Waals surface area (Å²) < 4.78 is 21.6. The molecule has 0 spiro atoms. The van der Waals surface area contributed by atoms with Crippen molar-refractivity contribution >= 4 is 27.0 Å². The molecule has 5 heteroatoms. The van der Waals surface area contributed by atoms with Crippen molar-refractivity contribution in [2.75, 3.05) is 6.26 Å². The van der Waals surface area contributed by atoms with Crippen molar-refractivity contribution in [2.45, 2.75) is 25.5 Å². The first-order chi connectivity index (χ1) is 6.68. The minimum absolute atomic E-state index is 0.330. The van der Waals surface area contributed by atoms with Gasteiger partial charge in [0.2, 0.25) is 0 Å². The second-order valence-electron chi connectivity index (χ2n) is 4.00. The maximum Gasteiger partial charge on any atom is 0.184 e. The van der Waals surface area contributed by atoms with Gasteiger partial charge >= 0.3 is 0 Å². The van der Waals surface area contributed by atoms with Crippen LogP contribution in [-0.4, -0.2) is 25.2 Å². The summed E-state index contributed by atoms with van der Waals surface area (Å²) in [5, 5.41) is 1.79. The number of carbonyl (C=O) groups is 1. The number of Topliss-reactive ketones (excluding diaryl/α,β-unsaturated/α-hetero) is 1. The number of sulfone groups is 1. The number of carbonyl (C=O) groups excluding carboxylic acids is 1. The van der Waals surface area contributed by atoms with E-state index in [1.165, 1.54) is 25.2 Å². The van der Waals surface area contributed by atoms with Crippen LogP contribution < -0.4 is 0 Å². The van der Waals surface area contributed by atoms with Gasteiger partial charge in [0.15, 0.2) is 15.6 Å². The lowest BCUT2D eigenvalue weighted by molar-refractivity contribution is 0.0954. The number of ketones is 1. The molecule has 0 atom stereocenters. The SMILES string of the molecule is Cc1sccc1C(=O)C(C)(C)S(C)(=O)=O. The van der Waals surface area contributed by atoms with Gasteiger partial charge in [-0.05, 0) is 32.2 Å². The van der Waals surface area contributed by atoms with Gasteiger partial charge < -0.3 is 0 Å². The van der Waals surface area contributed by atoms with E-state index in [4.69, 9.17) is 0 Å². The van der Waals surface area contributed by atoms with Gasteiger partial charge in [-0.1, -0.05) is 0 Å². The number of rotatable bonds is 3. The van der Waals surface area contributed by atoms with Gasteiger partial charge in [0, 0.05) is 16.7 Å². The molecule has 0 amide bonds. The summed E-state index contributed by atoms with van der Waals surface area (Å²) in [6.07, 6.45) is 1.09. The fraction of sp³-hybridized carbons (Fsp3) is 0.500. The van der Waals surface area contributed by atoms with Crippen LogP contribution in [0.15, 0.2) is 11.4 Å². The third kappa shape index (κ3) is 2.13. The van der Waals surface area contributed by atoms with Gasteiger partial charge in [0.05, 0.1) is 0 Å². The van der Waals surface area contributed by atoms with Crippen LogP contribution in [0.3, 0.4) is 0 Å². The Kier molecular flexibility index (Phi) is 3.07. The Morgan fingerprint density at radius 2 is 1.93 bits per heavy atom. The van der Waals surface area contributed by atoms with E-state index in [2.05, 4.69) is 0 Å². The second-order valence-corrected chi connectivity index (χ2v) is 7.69. The van der Waals surface area contributed by atoms with Crippen molar-refractivity contribution in [3.63, 3.8) is 0 Å². The molecule has 0 aromatic carbocycles. The highest BCUT2D eigenvalue weighted by atomic mass is 32.2. The largest absolute Gasteiger partial charge is 0.292 e. The molecule has 0 radical (unpaired) electrons. The Balaban J connectivity index is 3.23. The quantitative estimate of drug-likeness (QED) is 0.767. The molecule has 1 rings (SSSR count). The smallest absolute Gasteiger partial charge is 0.184 e. The lowest BCUT2D eigenvalue weighted by Crippen LogP contribution is -2.40. The zero-order chi connectivity index (χ0) is 11.9. The molecule has 0 bridgehead atoms. The zero-order valence-corrected chi connectivity index (χ0v) is 10.8. The molecule has 1 heterocycles. The molecule has 0 aliphatic rings. The minimum atomic E-state index is -3.39. The molecule has 15 heavy (non-hydrogen) atoms. The van der Waals surface area contributed by atoms with Crippen LogP contribution >= 0.6 is 11.3 Å². The lowest BCUT2D eigenvalue weighted by atomic mass is 10.0. The third-order valence-corrected chi connectivity index (χ3v) is 5.46. The lowest BCUT2D eigenvalue weighted by Gasteiger charge is -2.20. The molecule has 1 aromatic heterocycles. The first kappa shape index (κ1) is 12.4. The minimum Gasteiger partial charge on any atom is -0.292 e. The van der Waals surface area contributed by atoms with Crippen molar-refractivity contribution < 1.29 is 13.2 Å². The number of hydrogen-bond acceptors (Lipinski definition) is 4. The van der Waals surface area contributed by atoms with Crippen molar-refractivity contribution in [1.29, 1.82) is 0 Å². The molecule has 1 aromatic rings. The normalized spacial score (nSPS) is 12.8. The summed E-state index contributed by atoms with van der Waals surface area (Å²) in [5.74, 6) is -0.330. The second kappa shape index (κ2) is 3.72. The Morgan fingerprint density at radius 3 is 2.27 bits per heavy atom. The first-order valence-corrected chi connectivity index (χ1v) is 7.23. The standard InChI is InChI=1S/C10H14O3S2/c1-7-8(5-6-14-7)9(11)10(2,3)15(4,12)13/h5-6H,1-4H3. The summed E-state index contributed by atoms with van der Waals surface area (Å²) in [6.45, 7) is 4.71. The van der Waals surface area contributed by atoms with Crippen LogP contribution in [0.4, 0.5) is 0 Å². The molecule has 0 saturated carbocycles. The Labute approximate surface area is 94.0 Å². The van der Waals surface area contributed by atoms with E-state index in [1.54, 1.807) is 11.4 Å². The first-order valence-electron chi connectivity index (χ1n) is 4.46. The summed E-state index contributed by atoms with van der Waals surface area (Å²) in [6, 6.07) is 1.68. The zero-order valence-electron chi connectivity index (χ0n) is 9.20. The summed E-state index contributed by atoms with van der Waals surface area (Å²) >= 11 is 1.44. The van der Waals surface area contributed by atoms with E-state index in [-0.39, 0.29) is 5.78 Å². The van der Waals surface area contributed by atoms with Crippen LogP contribution in [0.1, 0.15) is 29.1 Å². The van der Waals surface area contributed by atoms with Crippen molar-refractivity contribution in [2.24, 2.45) is 0 Å². The Bertz CT molecular complexity index is 481. The molecule has 0 fully saturated rings. The van der Waals surface area contributed by atoms with Gasteiger partial charge in [-0.2, -0.15) is 0 Å². The van der Waals surface area contributed by atoms with Crippen LogP contribution in [0.5, 0.6) is 0 Å². The highest BCUT2D eigenvalue weighted by Gasteiger charge is 2.39. The predicted octanol–water partition coefficient (Wildman–Crippen LogP) is 2.06. The van der Waals surface area contributed by atoms with Gasteiger partial charge in [0.1, 0.15) is 4.75 Å². The maximum absolute atomic E-state index is 12.0. The molecule has 0 aliphatic carbocycles. The van der Waals surface area contributed by atoms with Crippen LogP contribution in [-0.2, 0) is 9.84 Å². The fourth-order valence-electron chi connectivity index (χ4n) is 1.11. The van der Waals surface area contributed by atoms with Crippen LogP contribution in [0, 0.1) is 6.92 Å². The van der Waals surface area contributed by atoms with Crippen LogP contribution in [0.2, 0.25) is 0 Å². The van der Waals surface area contributed by atoms with E-state index in [0.29, 0.717) is 5.56 Å². The highest BCUT2D eigenvalue weighted by Crippen LogP contribution is 2.25. The molecular formula is C10H14O3S2. The van der Waals surface area contributed by atoms with Gasteiger partial charge in [-0.25, -0.2) is 8.42 Å². The Hall–Kier alpha value is -0.680. The molecular weight excluding hydrogens is 232 g/mol. The van der Waals surface area contributed by atoms with E-state index in [0.717, 1.165) is 11.1 Å². The highest BCUT2D eigenvalue weighted by molar-refractivity contribution is 7.92. The van der Waals surface area contributed by atoms with Crippen LogP contribution in [0.25, 0.3) is 0 Å². The van der Waals surface area contributed by atoms with E-state index in [9.17, 15) is 13.2 Å². The predicted molar refractivity (Wildman–Crippen MR) is 62.3 cm³/mol. The van der Waals surface area contributed by atoms with Crippen molar-refractivity contribution in [1.82, 2.24) is 0 Å². The Morgan fingerprint density at radius 1 is 1.40 bits per heavy atom. The van der Waals surface area contributed by atoms with Crippen molar-refractivity contribution in [3.8, 4) is 0 Å².